The van der Waals surface area contributed by atoms with E-state index in [1.54, 1.807) is 6.07 Å². The number of nitrogens with one attached hydrogen (secondary N) is 1. The molecule has 1 N–H and O–H groups in total. The molecule has 0 amide bonds. The van der Waals surface area contributed by atoms with Crippen LogP contribution >= 0.6 is 0 Å². The summed E-state index contributed by atoms with van der Waals surface area (Å²) >= 11 is 0. The molecule has 2 aromatic carbocycles. The molecule has 2 heterocycles. The zero-order chi connectivity index (χ0) is 16.0. The summed E-state index contributed by atoms with van der Waals surface area (Å²) < 4.78 is 32.1. The minimum absolute atomic E-state index is 0.132. The monoisotopic (exact) mass is 330 g/mol. The average Bonchev–Trinajstić information content (AvgIpc) is 2.93. The quantitative estimate of drug-likeness (QED) is 0.777. The first-order valence-electron chi connectivity index (χ1n) is 7.24. The van der Waals surface area contributed by atoms with Crippen molar-refractivity contribution in [1.82, 2.24) is 9.29 Å². The average molecular weight is 330 g/mol. The third kappa shape index (κ3) is 2.38. The van der Waals surface area contributed by atoms with E-state index in [9.17, 15) is 13.2 Å². The minimum Gasteiger partial charge on any atom is -0.408 e. The Labute approximate surface area is 132 Å². The van der Waals surface area contributed by atoms with E-state index in [2.05, 4.69) is 4.98 Å². The first-order chi connectivity index (χ1) is 11.0. The number of rotatable bonds is 2. The van der Waals surface area contributed by atoms with Crippen molar-refractivity contribution in [3.8, 4) is 0 Å². The van der Waals surface area contributed by atoms with Crippen LogP contribution < -0.4 is 5.76 Å². The fraction of sp³-hybridized carbons (Fsp3) is 0.188. The van der Waals surface area contributed by atoms with Crippen LogP contribution in [-0.4, -0.2) is 24.3 Å². The number of hydrogen-bond acceptors (Lipinski definition) is 4. The van der Waals surface area contributed by atoms with Crippen molar-refractivity contribution >= 4 is 21.1 Å². The number of oxazole rings is 1. The molecule has 0 bridgehead atoms. The molecule has 0 saturated heterocycles. The molecule has 0 aliphatic carbocycles. The van der Waals surface area contributed by atoms with E-state index in [4.69, 9.17) is 4.42 Å². The fourth-order valence-electron chi connectivity index (χ4n) is 2.91. The highest BCUT2D eigenvalue weighted by molar-refractivity contribution is 7.89. The summed E-state index contributed by atoms with van der Waals surface area (Å²) in [5, 5.41) is 0. The summed E-state index contributed by atoms with van der Waals surface area (Å²) in [5.74, 6) is -0.596. The maximum absolute atomic E-state index is 12.8. The topological polar surface area (TPSA) is 83.4 Å². The van der Waals surface area contributed by atoms with Gasteiger partial charge in [-0.25, -0.2) is 13.2 Å². The van der Waals surface area contributed by atoms with Gasteiger partial charge < -0.3 is 4.42 Å². The Balaban J connectivity index is 1.73. The van der Waals surface area contributed by atoms with Gasteiger partial charge in [-0.2, -0.15) is 4.31 Å². The van der Waals surface area contributed by atoms with E-state index in [0.29, 0.717) is 25.0 Å². The van der Waals surface area contributed by atoms with Crippen molar-refractivity contribution in [2.24, 2.45) is 0 Å². The van der Waals surface area contributed by atoms with Gasteiger partial charge in [0.1, 0.15) is 0 Å². The maximum atomic E-state index is 12.8. The lowest BCUT2D eigenvalue weighted by atomic mass is 10.0. The Morgan fingerprint density at radius 1 is 1.09 bits per heavy atom. The first-order valence-corrected chi connectivity index (χ1v) is 8.68. The summed E-state index contributed by atoms with van der Waals surface area (Å²) in [6, 6.07) is 12.3. The normalized spacial score (nSPS) is 15.7. The van der Waals surface area contributed by atoms with Gasteiger partial charge in [0.05, 0.1) is 10.4 Å². The summed E-state index contributed by atoms with van der Waals surface area (Å²) in [4.78, 5) is 13.8. The lowest BCUT2D eigenvalue weighted by molar-refractivity contribution is 0.391. The van der Waals surface area contributed by atoms with Crippen molar-refractivity contribution in [2.75, 3.05) is 6.54 Å². The highest BCUT2D eigenvalue weighted by Crippen LogP contribution is 2.26. The van der Waals surface area contributed by atoms with Crippen LogP contribution in [0.5, 0.6) is 0 Å². The Morgan fingerprint density at radius 3 is 2.70 bits per heavy atom. The van der Waals surface area contributed by atoms with Crippen LogP contribution in [0.2, 0.25) is 0 Å². The number of aromatic amines is 1. The van der Waals surface area contributed by atoms with Crippen LogP contribution in [0.1, 0.15) is 11.1 Å². The molecule has 1 aliphatic rings. The molecule has 118 valence electrons. The minimum atomic E-state index is -3.63. The Kier molecular flexibility index (Phi) is 3.14. The van der Waals surface area contributed by atoms with Crippen LogP contribution in [0.25, 0.3) is 11.1 Å². The molecular weight excluding hydrogens is 316 g/mol. The zero-order valence-electron chi connectivity index (χ0n) is 12.2. The number of H-pyrrole nitrogens is 1. The van der Waals surface area contributed by atoms with Gasteiger partial charge in [0.15, 0.2) is 5.58 Å². The Bertz CT molecular complexity index is 1050. The van der Waals surface area contributed by atoms with Gasteiger partial charge in [-0.1, -0.05) is 24.3 Å². The summed E-state index contributed by atoms with van der Waals surface area (Å²) in [5.41, 5.74) is 2.94. The van der Waals surface area contributed by atoms with Crippen LogP contribution in [0.3, 0.4) is 0 Å². The highest BCUT2D eigenvalue weighted by atomic mass is 32.2. The number of nitrogens with zero attached hydrogens (tertiary/aromatic N) is 1. The van der Waals surface area contributed by atoms with Crippen molar-refractivity contribution < 1.29 is 12.8 Å². The summed E-state index contributed by atoms with van der Waals surface area (Å²) in [6.07, 6.45) is 0.691. The largest absolute Gasteiger partial charge is 0.417 e. The molecule has 0 unspecified atom stereocenters. The van der Waals surface area contributed by atoms with Gasteiger partial charge in [0.2, 0.25) is 10.0 Å². The van der Waals surface area contributed by atoms with Crippen LogP contribution in [-0.2, 0) is 23.0 Å². The molecule has 1 aromatic heterocycles. The van der Waals surface area contributed by atoms with Gasteiger partial charge in [-0.3, -0.25) is 4.98 Å². The predicted octanol–water partition coefficient (Wildman–Crippen LogP) is 1.87. The van der Waals surface area contributed by atoms with Gasteiger partial charge >= 0.3 is 5.76 Å². The van der Waals surface area contributed by atoms with E-state index >= 15 is 0 Å². The molecule has 0 spiro atoms. The number of benzene rings is 2. The number of fused-ring (bicyclic) bond motifs is 2. The Morgan fingerprint density at radius 2 is 1.87 bits per heavy atom. The third-order valence-electron chi connectivity index (χ3n) is 4.13. The number of sulfonamides is 1. The summed E-state index contributed by atoms with van der Waals surface area (Å²) in [7, 11) is -3.63. The molecule has 1 aliphatic heterocycles. The maximum Gasteiger partial charge on any atom is 0.417 e. The first kappa shape index (κ1) is 14.2. The van der Waals surface area contributed by atoms with Crippen molar-refractivity contribution in [3.63, 3.8) is 0 Å². The van der Waals surface area contributed by atoms with Gasteiger partial charge in [-0.15, -0.1) is 0 Å². The lowest BCUT2D eigenvalue weighted by Gasteiger charge is -2.28. The van der Waals surface area contributed by atoms with Crippen LogP contribution in [0.4, 0.5) is 0 Å². The Hall–Kier alpha value is -2.38. The van der Waals surface area contributed by atoms with Gasteiger partial charge in [0.25, 0.3) is 0 Å². The van der Waals surface area contributed by atoms with E-state index in [0.717, 1.165) is 5.56 Å². The molecule has 0 radical (unpaired) electrons. The molecule has 6 nitrogen and oxygen atoms in total. The molecule has 0 fully saturated rings. The van der Waals surface area contributed by atoms with E-state index in [1.165, 1.54) is 22.0 Å². The second-order valence-corrected chi connectivity index (χ2v) is 7.47. The highest BCUT2D eigenvalue weighted by Gasteiger charge is 2.28. The van der Waals surface area contributed by atoms with Crippen molar-refractivity contribution in [3.05, 3.63) is 64.1 Å². The molecular formula is C16H14N2O4S. The molecule has 4 rings (SSSR count). The van der Waals surface area contributed by atoms with E-state index < -0.39 is 15.8 Å². The standard InChI is InChI=1S/C16H14N2O4S/c19-16-17-14-6-5-13(9-15(14)22-16)23(20,21)18-8-7-11-3-1-2-4-12(11)10-18/h1-6,9H,7-8,10H2,(H,17,19). The molecule has 7 heteroatoms. The van der Waals surface area contributed by atoms with E-state index in [-0.39, 0.29) is 10.5 Å². The molecule has 23 heavy (non-hydrogen) atoms. The number of aromatic nitrogens is 1. The smallest absolute Gasteiger partial charge is 0.408 e. The van der Waals surface area contributed by atoms with Gasteiger partial charge in [0, 0.05) is 19.2 Å². The molecule has 0 saturated carbocycles. The van der Waals surface area contributed by atoms with Crippen LogP contribution in [0.15, 0.2) is 56.6 Å². The van der Waals surface area contributed by atoms with Crippen molar-refractivity contribution in [1.29, 1.82) is 0 Å². The predicted molar refractivity (Wildman–Crippen MR) is 84.6 cm³/mol. The zero-order valence-corrected chi connectivity index (χ0v) is 13.0. The van der Waals surface area contributed by atoms with E-state index in [1.807, 2.05) is 24.3 Å². The van der Waals surface area contributed by atoms with Crippen molar-refractivity contribution in [2.45, 2.75) is 17.9 Å². The third-order valence-corrected chi connectivity index (χ3v) is 5.97. The van der Waals surface area contributed by atoms with Gasteiger partial charge in [-0.05, 0) is 29.7 Å². The second kappa shape index (κ2) is 5.07. The SMILES string of the molecule is O=c1[nH]c2ccc(S(=O)(=O)N3CCc4ccccc4C3)cc2o1. The lowest BCUT2D eigenvalue weighted by Crippen LogP contribution is -2.35. The molecule has 0 atom stereocenters. The molecule has 3 aromatic rings. The number of hydrogen-bond donors (Lipinski definition) is 1. The van der Waals surface area contributed by atoms with Crippen LogP contribution in [0, 0.1) is 0 Å². The fourth-order valence-corrected chi connectivity index (χ4v) is 4.35. The summed E-state index contributed by atoms with van der Waals surface area (Å²) in [6.45, 7) is 0.794. The second-order valence-electron chi connectivity index (χ2n) is 5.53.